The van der Waals surface area contributed by atoms with E-state index in [1.807, 2.05) is 50.4 Å². The Balaban J connectivity index is 1.64. The lowest BCUT2D eigenvalue weighted by atomic mass is 10.1. The van der Waals surface area contributed by atoms with Gasteiger partial charge in [-0.2, -0.15) is 0 Å². The highest BCUT2D eigenvalue weighted by molar-refractivity contribution is 7.13. The Hall–Kier alpha value is -2.70. The number of amides is 2. The maximum atomic E-state index is 12.5. The first-order valence-corrected chi connectivity index (χ1v) is 11.1. The molecule has 0 saturated heterocycles. The number of aromatic nitrogens is 1. The number of hydrogen-bond acceptors (Lipinski definition) is 4. The predicted octanol–water partition coefficient (Wildman–Crippen LogP) is 5.44. The van der Waals surface area contributed by atoms with Crippen LogP contribution >= 0.6 is 22.9 Å². The number of rotatable bonds is 7. The topological polar surface area (TPSA) is 62.3 Å². The molecule has 0 aliphatic carbocycles. The number of benzene rings is 2. The van der Waals surface area contributed by atoms with Crippen molar-refractivity contribution in [3.8, 4) is 10.6 Å². The molecule has 2 aromatic carbocycles. The van der Waals surface area contributed by atoms with E-state index >= 15 is 0 Å². The molecule has 2 amide bonds. The Labute approximate surface area is 185 Å². The zero-order valence-corrected chi connectivity index (χ0v) is 18.8. The summed E-state index contributed by atoms with van der Waals surface area (Å²) < 4.78 is 0. The van der Waals surface area contributed by atoms with Crippen LogP contribution in [-0.2, 0) is 11.2 Å². The zero-order valence-electron chi connectivity index (χ0n) is 17.2. The van der Waals surface area contributed by atoms with Gasteiger partial charge in [-0.1, -0.05) is 41.4 Å². The lowest BCUT2D eigenvalue weighted by Crippen LogP contribution is -2.30. The van der Waals surface area contributed by atoms with Crippen LogP contribution in [0.5, 0.6) is 0 Å². The van der Waals surface area contributed by atoms with Gasteiger partial charge in [0.15, 0.2) is 0 Å². The lowest BCUT2D eigenvalue weighted by Gasteiger charge is -2.19. The van der Waals surface area contributed by atoms with Crippen molar-refractivity contribution < 1.29 is 9.59 Å². The fourth-order valence-electron chi connectivity index (χ4n) is 3.03. The first kappa shape index (κ1) is 22.0. The quantitative estimate of drug-likeness (QED) is 0.531. The molecule has 5 nitrogen and oxygen atoms in total. The fourth-order valence-corrected chi connectivity index (χ4v) is 4.12. The zero-order chi connectivity index (χ0) is 21.7. The third-order valence-electron chi connectivity index (χ3n) is 4.73. The minimum Gasteiger partial charge on any atom is -0.339 e. The number of aryl methyl sites for hydroxylation is 1. The first-order chi connectivity index (χ1) is 14.4. The smallest absolute Gasteiger partial charge is 0.255 e. The molecule has 0 saturated carbocycles. The Kier molecular flexibility index (Phi) is 7.24. The number of hydrogen-bond donors (Lipinski definition) is 1. The van der Waals surface area contributed by atoms with E-state index in [1.165, 1.54) is 16.9 Å². The average Bonchev–Trinajstić information content (AvgIpc) is 3.17. The number of nitrogens with zero attached hydrogens (tertiary/aromatic N) is 2. The van der Waals surface area contributed by atoms with Crippen LogP contribution < -0.4 is 5.32 Å². The second-order valence-electron chi connectivity index (χ2n) is 6.91. The van der Waals surface area contributed by atoms with Gasteiger partial charge in [0.05, 0.1) is 22.7 Å². The Morgan fingerprint density at radius 3 is 2.43 bits per heavy atom. The molecule has 3 aromatic rings. The van der Waals surface area contributed by atoms with Crippen LogP contribution in [0.1, 0.15) is 35.5 Å². The van der Waals surface area contributed by atoms with Crippen LogP contribution in [0.15, 0.2) is 47.8 Å². The summed E-state index contributed by atoms with van der Waals surface area (Å²) in [5.41, 5.74) is 3.93. The molecule has 1 N–H and O–H groups in total. The standard InChI is InChI=1S/C23H24ClN3O2S/c1-4-27(5-2)23(29)19-11-10-17(12-20(19)24)25-21(28)13-18-14-30-22(26-18)16-8-6-15(3)7-9-16/h6-12,14H,4-5,13H2,1-3H3,(H,25,28). The molecule has 7 heteroatoms. The van der Waals surface area contributed by atoms with Crippen molar-refractivity contribution in [1.29, 1.82) is 0 Å². The third-order valence-corrected chi connectivity index (χ3v) is 5.98. The van der Waals surface area contributed by atoms with E-state index in [2.05, 4.69) is 10.3 Å². The van der Waals surface area contributed by atoms with Crippen molar-refractivity contribution in [2.45, 2.75) is 27.2 Å². The molecule has 156 valence electrons. The highest BCUT2D eigenvalue weighted by Crippen LogP contribution is 2.25. The van der Waals surface area contributed by atoms with Gasteiger partial charge in [-0.05, 0) is 39.0 Å². The van der Waals surface area contributed by atoms with Crippen molar-refractivity contribution in [1.82, 2.24) is 9.88 Å². The van der Waals surface area contributed by atoms with Gasteiger partial charge in [0, 0.05) is 29.7 Å². The van der Waals surface area contributed by atoms with Crippen LogP contribution in [0.25, 0.3) is 10.6 Å². The fraction of sp³-hybridized carbons (Fsp3) is 0.261. The van der Waals surface area contributed by atoms with Crippen molar-refractivity contribution in [3.63, 3.8) is 0 Å². The summed E-state index contributed by atoms with van der Waals surface area (Å²) in [6, 6.07) is 13.1. The van der Waals surface area contributed by atoms with Crippen LogP contribution in [0.4, 0.5) is 5.69 Å². The van der Waals surface area contributed by atoms with Gasteiger partial charge in [-0.25, -0.2) is 4.98 Å². The maximum Gasteiger partial charge on any atom is 0.255 e. The highest BCUT2D eigenvalue weighted by atomic mass is 35.5. The van der Waals surface area contributed by atoms with Crippen LogP contribution in [-0.4, -0.2) is 34.8 Å². The normalized spacial score (nSPS) is 10.7. The summed E-state index contributed by atoms with van der Waals surface area (Å²) in [7, 11) is 0. The monoisotopic (exact) mass is 441 g/mol. The van der Waals surface area contributed by atoms with E-state index < -0.39 is 0 Å². The number of halogens is 1. The molecule has 0 fully saturated rings. The van der Waals surface area contributed by atoms with Gasteiger partial charge in [0.2, 0.25) is 5.91 Å². The molecular formula is C23H24ClN3O2S. The summed E-state index contributed by atoms with van der Waals surface area (Å²) in [5.74, 6) is -0.302. The number of anilines is 1. The van der Waals surface area contributed by atoms with E-state index in [9.17, 15) is 9.59 Å². The predicted molar refractivity (Wildman–Crippen MR) is 123 cm³/mol. The summed E-state index contributed by atoms with van der Waals surface area (Å²) in [4.78, 5) is 31.2. The molecular weight excluding hydrogens is 418 g/mol. The second-order valence-corrected chi connectivity index (χ2v) is 8.17. The summed E-state index contributed by atoms with van der Waals surface area (Å²) >= 11 is 7.82. The Bertz CT molecular complexity index is 1040. The van der Waals surface area contributed by atoms with Crippen molar-refractivity contribution >= 4 is 40.4 Å². The second kappa shape index (κ2) is 9.87. The van der Waals surface area contributed by atoms with Gasteiger partial charge in [-0.3, -0.25) is 9.59 Å². The van der Waals surface area contributed by atoms with Crippen LogP contribution in [0.3, 0.4) is 0 Å². The largest absolute Gasteiger partial charge is 0.339 e. The summed E-state index contributed by atoms with van der Waals surface area (Å²) in [6.07, 6.45) is 0.167. The van der Waals surface area contributed by atoms with E-state index in [0.29, 0.717) is 35.1 Å². The molecule has 0 aliphatic rings. The summed E-state index contributed by atoms with van der Waals surface area (Å²) in [6.45, 7) is 7.11. The molecule has 1 aromatic heterocycles. The molecule has 30 heavy (non-hydrogen) atoms. The summed E-state index contributed by atoms with van der Waals surface area (Å²) in [5, 5.41) is 5.93. The first-order valence-electron chi connectivity index (χ1n) is 9.81. The molecule has 0 aliphatic heterocycles. The molecule has 0 unspecified atom stereocenters. The number of carbonyl (C=O) groups is 2. The van der Waals surface area contributed by atoms with E-state index in [4.69, 9.17) is 11.6 Å². The minimum atomic E-state index is -0.186. The Morgan fingerprint density at radius 1 is 1.10 bits per heavy atom. The van der Waals surface area contributed by atoms with Gasteiger partial charge in [0.1, 0.15) is 5.01 Å². The molecule has 3 rings (SSSR count). The van der Waals surface area contributed by atoms with Crippen LogP contribution in [0, 0.1) is 6.92 Å². The maximum absolute atomic E-state index is 12.5. The SMILES string of the molecule is CCN(CC)C(=O)c1ccc(NC(=O)Cc2csc(-c3ccc(C)cc3)n2)cc1Cl. The average molecular weight is 442 g/mol. The third kappa shape index (κ3) is 5.26. The molecule has 0 radical (unpaired) electrons. The lowest BCUT2D eigenvalue weighted by molar-refractivity contribution is -0.115. The minimum absolute atomic E-state index is 0.117. The van der Waals surface area contributed by atoms with Crippen molar-refractivity contribution in [3.05, 3.63) is 69.7 Å². The van der Waals surface area contributed by atoms with E-state index in [-0.39, 0.29) is 18.2 Å². The van der Waals surface area contributed by atoms with Crippen LogP contribution in [0.2, 0.25) is 5.02 Å². The van der Waals surface area contributed by atoms with Crippen molar-refractivity contribution in [2.75, 3.05) is 18.4 Å². The van der Waals surface area contributed by atoms with Gasteiger partial charge in [0.25, 0.3) is 5.91 Å². The molecule has 0 spiro atoms. The van der Waals surface area contributed by atoms with E-state index in [1.54, 1.807) is 23.1 Å². The van der Waals surface area contributed by atoms with Crippen molar-refractivity contribution in [2.24, 2.45) is 0 Å². The van der Waals surface area contributed by atoms with Gasteiger partial charge in [-0.15, -0.1) is 11.3 Å². The van der Waals surface area contributed by atoms with Gasteiger partial charge < -0.3 is 10.2 Å². The van der Waals surface area contributed by atoms with E-state index in [0.717, 1.165) is 10.6 Å². The molecule has 0 bridgehead atoms. The highest BCUT2D eigenvalue weighted by Gasteiger charge is 2.17. The number of thiazole rings is 1. The molecule has 1 heterocycles. The number of nitrogens with one attached hydrogen (secondary N) is 1. The van der Waals surface area contributed by atoms with Gasteiger partial charge >= 0.3 is 0 Å². The Morgan fingerprint density at radius 2 is 1.80 bits per heavy atom. The number of carbonyl (C=O) groups excluding carboxylic acids is 2. The molecule has 0 atom stereocenters.